The van der Waals surface area contributed by atoms with E-state index in [1.54, 1.807) is 31.5 Å². The largest absolute Gasteiger partial charge is 0.395 e. The molecule has 0 aliphatic carbocycles. The fourth-order valence-electron chi connectivity index (χ4n) is 5.46. The summed E-state index contributed by atoms with van der Waals surface area (Å²) in [6, 6.07) is 11.5. The first-order chi connectivity index (χ1) is 25.0. The average molecular weight is 807 g/mol. The van der Waals surface area contributed by atoms with Gasteiger partial charge in [-0.1, -0.05) is 71.3 Å². The second-order valence-electron chi connectivity index (χ2n) is 11.9. The molecule has 0 atom stereocenters. The summed E-state index contributed by atoms with van der Waals surface area (Å²) in [5.74, 6) is 1.98. The first-order valence-electron chi connectivity index (χ1n) is 16.7. The quantitative estimate of drug-likeness (QED) is 0.158. The number of anilines is 4. The SMILES string of the molecule is CCc1ccc(Sc2cnc(N)nc2N2CCN(C(C)=O)CC2)c(Cl)c1.Nc1ncc(Sc2ccc(Cl)cc2Cl)c(NN2CCN(CCO)CC2)n1. The number of β-amino-alcohol motifs (C(OH)–C–C–N with tert-alkyl or cyclic N) is 1. The van der Waals surface area contributed by atoms with E-state index in [2.05, 4.69) is 53.2 Å². The van der Waals surface area contributed by atoms with Crippen LogP contribution in [-0.2, 0) is 11.2 Å². The van der Waals surface area contributed by atoms with E-state index >= 15 is 0 Å². The maximum Gasteiger partial charge on any atom is 0.222 e. The lowest BCUT2D eigenvalue weighted by Crippen LogP contribution is -2.49. The maximum atomic E-state index is 11.5. The highest BCUT2D eigenvalue weighted by Gasteiger charge is 2.23. The zero-order chi connectivity index (χ0) is 37.2. The summed E-state index contributed by atoms with van der Waals surface area (Å²) in [4.78, 5) is 38.3. The van der Waals surface area contributed by atoms with Gasteiger partial charge in [0.15, 0.2) is 5.82 Å². The maximum absolute atomic E-state index is 11.5. The van der Waals surface area contributed by atoms with Crippen LogP contribution >= 0.6 is 58.3 Å². The number of hydrogen-bond donors (Lipinski definition) is 4. The molecule has 0 saturated carbocycles. The summed E-state index contributed by atoms with van der Waals surface area (Å²) in [5.41, 5.74) is 16.1. The molecule has 6 rings (SSSR count). The molecule has 2 aromatic carbocycles. The zero-order valence-corrected chi connectivity index (χ0v) is 32.8. The van der Waals surface area contributed by atoms with E-state index in [9.17, 15) is 4.79 Å². The van der Waals surface area contributed by atoms with Crippen molar-refractivity contribution >= 4 is 87.8 Å². The Kier molecular flexibility index (Phi) is 14.7. The van der Waals surface area contributed by atoms with Crippen LogP contribution in [0.1, 0.15) is 19.4 Å². The van der Waals surface area contributed by atoms with E-state index in [-0.39, 0.29) is 24.4 Å². The minimum absolute atomic E-state index is 0.101. The molecule has 13 nitrogen and oxygen atoms in total. The molecule has 0 bridgehead atoms. The number of rotatable bonds is 10. The van der Waals surface area contributed by atoms with Crippen molar-refractivity contribution in [2.24, 2.45) is 0 Å². The topological polar surface area (TPSA) is 166 Å². The van der Waals surface area contributed by atoms with E-state index in [1.165, 1.54) is 29.1 Å². The number of carbonyl (C=O) groups is 1. The molecule has 18 heteroatoms. The lowest BCUT2D eigenvalue weighted by molar-refractivity contribution is -0.129. The molecule has 278 valence electrons. The molecule has 4 heterocycles. The van der Waals surface area contributed by atoms with Crippen LogP contribution < -0.4 is 21.8 Å². The first-order valence-corrected chi connectivity index (χ1v) is 19.5. The van der Waals surface area contributed by atoms with E-state index in [4.69, 9.17) is 51.4 Å². The van der Waals surface area contributed by atoms with Gasteiger partial charge in [0, 0.05) is 93.0 Å². The summed E-state index contributed by atoms with van der Waals surface area (Å²) < 4.78 is 0. The number of aryl methyl sites for hydroxylation is 1. The first kappa shape index (κ1) is 39.9. The lowest BCUT2D eigenvalue weighted by Gasteiger charge is -2.35. The van der Waals surface area contributed by atoms with Crippen LogP contribution in [-0.4, -0.2) is 111 Å². The number of hydrazine groups is 1. The van der Waals surface area contributed by atoms with Crippen molar-refractivity contribution in [2.45, 2.75) is 39.9 Å². The van der Waals surface area contributed by atoms with Crippen molar-refractivity contribution in [3.8, 4) is 0 Å². The van der Waals surface area contributed by atoms with Gasteiger partial charge in [-0.2, -0.15) is 9.97 Å². The smallest absolute Gasteiger partial charge is 0.222 e. The number of amides is 1. The molecule has 0 unspecified atom stereocenters. The minimum Gasteiger partial charge on any atom is -0.395 e. The van der Waals surface area contributed by atoms with Crippen molar-refractivity contribution in [3.63, 3.8) is 0 Å². The summed E-state index contributed by atoms with van der Waals surface area (Å²) in [6.45, 7) is 10.7. The number of nitrogens with two attached hydrogens (primary N) is 2. The number of aliphatic hydroxyl groups is 1. The Bertz CT molecular complexity index is 1830. The number of halogens is 3. The fourth-order valence-corrected chi connectivity index (χ4v) is 8.03. The molecule has 0 spiro atoms. The number of nitrogens with one attached hydrogen (secondary N) is 1. The van der Waals surface area contributed by atoms with Gasteiger partial charge < -0.3 is 31.8 Å². The number of nitrogen functional groups attached to an aromatic ring is 2. The predicted octanol–water partition coefficient (Wildman–Crippen LogP) is 5.55. The van der Waals surface area contributed by atoms with Crippen molar-refractivity contribution in [1.82, 2.24) is 34.7 Å². The molecule has 1 amide bonds. The molecular weight excluding hydrogens is 765 g/mol. The fraction of sp³-hybridized carbons (Fsp3) is 0.382. The van der Waals surface area contributed by atoms with E-state index in [1.807, 2.05) is 23.1 Å². The Balaban J connectivity index is 0.000000201. The van der Waals surface area contributed by atoms with Crippen LogP contribution in [0.5, 0.6) is 0 Å². The van der Waals surface area contributed by atoms with Gasteiger partial charge in [-0.25, -0.2) is 15.0 Å². The van der Waals surface area contributed by atoms with E-state index in [0.29, 0.717) is 48.6 Å². The Morgan fingerprint density at radius 2 is 1.44 bits per heavy atom. The molecule has 2 aromatic heterocycles. The Labute approximate surface area is 327 Å². The molecule has 52 heavy (non-hydrogen) atoms. The third-order valence-corrected chi connectivity index (χ3v) is 11.6. The number of aliphatic hydroxyl groups excluding tert-OH is 1. The number of aromatic nitrogens is 4. The van der Waals surface area contributed by atoms with Gasteiger partial charge in [0.05, 0.1) is 26.4 Å². The molecule has 2 aliphatic heterocycles. The van der Waals surface area contributed by atoms with Crippen LogP contribution in [0.15, 0.2) is 68.4 Å². The standard InChI is InChI=1S/C18H22ClN5OS.C16H20Cl2N6OS/c1-3-13-4-5-15(14(19)10-13)26-16-11-21-18(20)22-17(16)24-8-6-23(7-9-24)12(2)25;17-11-1-2-13(12(18)9-11)26-14-10-20-16(19)21-15(14)22-24-5-3-23(4-6-24)7-8-25/h4-5,10-11H,3,6-9H2,1-2H3,(H2,20,21,22);1-2,9-10,25H,3-8H2,(H3,19,20,21,22). The van der Waals surface area contributed by atoms with Gasteiger partial charge in [-0.15, -0.1) is 0 Å². The van der Waals surface area contributed by atoms with Gasteiger partial charge in [0.1, 0.15) is 5.82 Å². The monoisotopic (exact) mass is 805 g/mol. The minimum atomic E-state index is 0.101. The van der Waals surface area contributed by atoms with Crippen molar-refractivity contribution in [1.29, 1.82) is 0 Å². The van der Waals surface area contributed by atoms with E-state index < -0.39 is 0 Å². The number of carbonyl (C=O) groups excluding carboxylic acids is 1. The molecular formula is C34H42Cl3N11O2S2. The molecule has 2 aliphatic rings. The third kappa shape index (κ3) is 11.1. The van der Waals surface area contributed by atoms with Crippen LogP contribution in [0.4, 0.5) is 23.5 Å². The highest BCUT2D eigenvalue weighted by molar-refractivity contribution is 7.99. The number of hydrogen-bond acceptors (Lipinski definition) is 14. The summed E-state index contributed by atoms with van der Waals surface area (Å²) >= 11 is 21.7. The summed E-state index contributed by atoms with van der Waals surface area (Å²) in [6.07, 6.45) is 4.37. The van der Waals surface area contributed by atoms with Crippen molar-refractivity contribution < 1.29 is 9.90 Å². The van der Waals surface area contributed by atoms with Gasteiger partial charge >= 0.3 is 0 Å². The zero-order valence-electron chi connectivity index (χ0n) is 28.9. The van der Waals surface area contributed by atoms with E-state index in [0.717, 1.165) is 63.0 Å². The summed E-state index contributed by atoms with van der Waals surface area (Å²) in [5, 5.41) is 13.0. The Hall–Kier alpha value is -3.28. The number of benzene rings is 2. The third-order valence-electron chi connectivity index (χ3n) is 8.34. The lowest BCUT2D eigenvalue weighted by atomic mass is 10.2. The second kappa shape index (κ2) is 19.2. The van der Waals surface area contributed by atoms with Crippen molar-refractivity contribution in [3.05, 3.63) is 69.4 Å². The number of nitrogens with zero attached hydrogens (tertiary/aromatic N) is 8. The molecule has 0 radical (unpaired) electrons. The van der Waals surface area contributed by atoms with Gasteiger partial charge in [-0.3, -0.25) is 9.69 Å². The van der Waals surface area contributed by atoms with Gasteiger partial charge in [-0.05, 0) is 42.3 Å². The average Bonchev–Trinajstić information content (AvgIpc) is 3.13. The van der Waals surface area contributed by atoms with Crippen LogP contribution in [0.3, 0.4) is 0 Å². The molecule has 6 N–H and O–H groups in total. The second-order valence-corrected chi connectivity index (χ2v) is 15.3. The highest BCUT2D eigenvalue weighted by Crippen LogP contribution is 2.39. The molecule has 4 aromatic rings. The van der Waals surface area contributed by atoms with Gasteiger partial charge in [0.25, 0.3) is 0 Å². The molecule has 2 fully saturated rings. The number of piperazine rings is 2. The normalized spacial score (nSPS) is 15.3. The predicted molar refractivity (Wildman–Crippen MR) is 212 cm³/mol. The Morgan fingerprint density at radius 3 is 2.06 bits per heavy atom. The Morgan fingerprint density at radius 1 is 0.827 bits per heavy atom. The molecule has 2 saturated heterocycles. The summed E-state index contributed by atoms with van der Waals surface area (Å²) in [7, 11) is 0. The van der Waals surface area contributed by atoms with Crippen LogP contribution in [0.2, 0.25) is 15.1 Å². The van der Waals surface area contributed by atoms with Crippen LogP contribution in [0.25, 0.3) is 0 Å². The van der Waals surface area contributed by atoms with Gasteiger partial charge in [0.2, 0.25) is 17.8 Å². The highest BCUT2D eigenvalue weighted by atomic mass is 35.5. The van der Waals surface area contributed by atoms with Crippen molar-refractivity contribution in [2.75, 3.05) is 87.3 Å². The van der Waals surface area contributed by atoms with Crippen LogP contribution in [0, 0.1) is 0 Å².